The molecule has 1 rings (SSSR count). The zero-order valence-corrected chi connectivity index (χ0v) is 17.9. The third-order valence-corrected chi connectivity index (χ3v) is 5.61. The molecule has 28 heavy (non-hydrogen) atoms. The Morgan fingerprint density at radius 3 is 1.64 bits per heavy atom. The monoisotopic (exact) mass is 408 g/mol. The van der Waals surface area contributed by atoms with Crippen molar-refractivity contribution in [2.24, 2.45) is 0 Å². The minimum absolute atomic E-state index is 0.297. The van der Waals surface area contributed by atoms with Crippen molar-refractivity contribution in [2.45, 2.75) is 128 Å². The molecule has 5 heteroatoms. The molecule has 2 nitrogen and oxygen atoms in total. The van der Waals surface area contributed by atoms with Crippen molar-refractivity contribution >= 4 is 0 Å². The van der Waals surface area contributed by atoms with Crippen LogP contribution in [0.25, 0.3) is 0 Å². The first-order chi connectivity index (χ1) is 13.6. The summed E-state index contributed by atoms with van der Waals surface area (Å²) >= 11 is 0. The van der Waals surface area contributed by atoms with Gasteiger partial charge in [0.05, 0.1) is 6.10 Å². The third-order valence-electron chi connectivity index (χ3n) is 5.61. The molecule has 0 aromatic carbocycles. The van der Waals surface area contributed by atoms with Gasteiger partial charge in [0.15, 0.2) is 0 Å². The van der Waals surface area contributed by atoms with E-state index in [1.807, 2.05) is 0 Å². The quantitative estimate of drug-likeness (QED) is 0.202. The Hall–Kier alpha value is -0.290. The minimum Gasteiger partial charge on any atom is -0.381 e. The van der Waals surface area contributed by atoms with Gasteiger partial charge in [-0.2, -0.15) is 13.2 Å². The molecule has 1 aliphatic heterocycles. The van der Waals surface area contributed by atoms with Crippen LogP contribution in [0.15, 0.2) is 0 Å². The normalized spacial score (nSPS) is 17.5. The summed E-state index contributed by atoms with van der Waals surface area (Å²) in [7, 11) is 0. The molecule has 0 aliphatic carbocycles. The average Bonchev–Trinajstić information content (AvgIpc) is 3.16. The van der Waals surface area contributed by atoms with Gasteiger partial charge >= 0.3 is 6.18 Å². The largest absolute Gasteiger partial charge is 0.389 e. The first-order valence-electron chi connectivity index (χ1n) is 11.8. The van der Waals surface area contributed by atoms with E-state index in [2.05, 4.69) is 0 Å². The lowest BCUT2D eigenvalue weighted by atomic mass is 10.0. The van der Waals surface area contributed by atoms with Gasteiger partial charge in [0.2, 0.25) is 0 Å². The lowest BCUT2D eigenvalue weighted by Crippen LogP contribution is -2.09. The third kappa shape index (κ3) is 17.8. The predicted octanol–water partition coefficient (Wildman–Crippen LogP) is 7.99. The summed E-state index contributed by atoms with van der Waals surface area (Å²) in [5.74, 6) is 0. The molecule has 1 unspecified atom stereocenters. The summed E-state index contributed by atoms with van der Waals surface area (Å²) in [6.45, 7) is 2.67. The Balaban J connectivity index is 1.64. The minimum atomic E-state index is -3.97. The molecule has 1 aliphatic rings. The maximum absolute atomic E-state index is 12.0. The smallest absolute Gasteiger partial charge is 0.381 e. The first kappa shape index (κ1) is 25.7. The fraction of sp³-hybridized carbons (Fsp3) is 1.00. The van der Waals surface area contributed by atoms with E-state index in [0.717, 1.165) is 45.5 Å². The second kappa shape index (κ2) is 17.6. The van der Waals surface area contributed by atoms with Crippen molar-refractivity contribution in [3.63, 3.8) is 0 Å². The Morgan fingerprint density at radius 2 is 1.18 bits per heavy atom. The van der Waals surface area contributed by atoms with Crippen molar-refractivity contribution in [1.82, 2.24) is 0 Å². The first-order valence-corrected chi connectivity index (χ1v) is 11.8. The molecular formula is C23H43F3O2. The number of hydrogen-bond donors (Lipinski definition) is 0. The van der Waals surface area contributed by atoms with Gasteiger partial charge in [-0.1, -0.05) is 77.0 Å². The zero-order valence-electron chi connectivity index (χ0n) is 17.9. The van der Waals surface area contributed by atoms with Gasteiger partial charge in [-0.25, -0.2) is 0 Å². The number of alkyl halides is 3. The standard InChI is InChI=1S/C23H43F3O2/c24-23(25,26)18-13-11-9-7-5-3-1-2-4-6-8-10-12-14-19-27-21-17-22-16-15-20-28-22/h22H,1-21H2. The van der Waals surface area contributed by atoms with E-state index >= 15 is 0 Å². The van der Waals surface area contributed by atoms with Crippen LogP contribution >= 0.6 is 0 Å². The Labute approximate surface area is 170 Å². The molecular weight excluding hydrogens is 365 g/mol. The van der Waals surface area contributed by atoms with Crippen LogP contribution in [-0.4, -0.2) is 32.1 Å². The Bertz CT molecular complexity index is 328. The number of unbranched alkanes of at least 4 members (excludes halogenated alkanes) is 13. The second-order valence-corrected chi connectivity index (χ2v) is 8.35. The highest BCUT2D eigenvalue weighted by Gasteiger charge is 2.25. The molecule has 168 valence electrons. The van der Waals surface area contributed by atoms with Crippen LogP contribution in [0.5, 0.6) is 0 Å². The summed E-state index contributed by atoms with van der Waals surface area (Å²) in [5.41, 5.74) is 0. The van der Waals surface area contributed by atoms with E-state index in [9.17, 15) is 13.2 Å². The summed E-state index contributed by atoms with van der Waals surface area (Å²) in [6, 6.07) is 0. The van der Waals surface area contributed by atoms with Crippen LogP contribution in [0.4, 0.5) is 13.2 Å². The van der Waals surface area contributed by atoms with E-state index < -0.39 is 12.6 Å². The lowest BCUT2D eigenvalue weighted by molar-refractivity contribution is -0.135. The average molecular weight is 409 g/mol. The molecule has 0 amide bonds. The molecule has 0 saturated carbocycles. The van der Waals surface area contributed by atoms with Crippen molar-refractivity contribution in [2.75, 3.05) is 19.8 Å². The fourth-order valence-corrected chi connectivity index (χ4v) is 3.84. The van der Waals surface area contributed by atoms with E-state index in [1.54, 1.807) is 0 Å². The Morgan fingerprint density at radius 1 is 0.679 bits per heavy atom. The van der Waals surface area contributed by atoms with Crippen molar-refractivity contribution in [1.29, 1.82) is 0 Å². The molecule has 1 atom stereocenters. The van der Waals surface area contributed by atoms with Gasteiger partial charge in [0.25, 0.3) is 0 Å². The highest BCUT2D eigenvalue weighted by Crippen LogP contribution is 2.23. The van der Waals surface area contributed by atoms with Crippen LogP contribution in [0.3, 0.4) is 0 Å². The van der Waals surface area contributed by atoms with Crippen molar-refractivity contribution in [3.05, 3.63) is 0 Å². The number of rotatable bonds is 19. The van der Waals surface area contributed by atoms with Gasteiger partial charge in [-0.05, 0) is 32.1 Å². The molecule has 0 bridgehead atoms. The van der Waals surface area contributed by atoms with E-state index in [1.165, 1.54) is 77.0 Å². The molecule has 0 aromatic heterocycles. The molecule has 0 N–H and O–H groups in total. The molecule has 1 heterocycles. The topological polar surface area (TPSA) is 18.5 Å². The summed E-state index contributed by atoms with van der Waals surface area (Å²) in [6.07, 6.45) is 15.1. The van der Waals surface area contributed by atoms with Crippen LogP contribution in [-0.2, 0) is 9.47 Å². The highest BCUT2D eigenvalue weighted by atomic mass is 19.4. The summed E-state index contributed by atoms with van der Waals surface area (Å²) < 4.78 is 47.3. The fourth-order valence-electron chi connectivity index (χ4n) is 3.84. The van der Waals surface area contributed by atoms with Gasteiger partial charge < -0.3 is 9.47 Å². The van der Waals surface area contributed by atoms with Gasteiger partial charge in [-0.3, -0.25) is 0 Å². The van der Waals surface area contributed by atoms with Crippen LogP contribution in [0, 0.1) is 0 Å². The molecule has 0 spiro atoms. The predicted molar refractivity (Wildman–Crippen MR) is 110 cm³/mol. The van der Waals surface area contributed by atoms with Crippen LogP contribution in [0.2, 0.25) is 0 Å². The Kier molecular flexibility index (Phi) is 16.1. The van der Waals surface area contributed by atoms with Crippen molar-refractivity contribution < 1.29 is 22.6 Å². The number of hydrogen-bond acceptors (Lipinski definition) is 2. The van der Waals surface area contributed by atoms with Gasteiger partial charge in [0, 0.05) is 26.2 Å². The maximum Gasteiger partial charge on any atom is 0.389 e. The molecule has 0 aromatic rings. The van der Waals surface area contributed by atoms with Gasteiger partial charge in [-0.15, -0.1) is 0 Å². The van der Waals surface area contributed by atoms with E-state index in [0.29, 0.717) is 12.5 Å². The zero-order chi connectivity index (χ0) is 20.3. The molecule has 0 radical (unpaired) electrons. The van der Waals surface area contributed by atoms with Crippen molar-refractivity contribution in [3.8, 4) is 0 Å². The molecule has 1 saturated heterocycles. The van der Waals surface area contributed by atoms with E-state index in [-0.39, 0.29) is 0 Å². The molecule has 1 fully saturated rings. The van der Waals surface area contributed by atoms with Crippen LogP contribution in [0.1, 0.15) is 116 Å². The van der Waals surface area contributed by atoms with Gasteiger partial charge in [0.1, 0.15) is 0 Å². The second-order valence-electron chi connectivity index (χ2n) is 8.35. The SMILES string of the molecule is FC(F)(F)CCCCCCCCCCCCCCCCOCCC1CCCO1. The number of halogens is 3. The summed E-state index contributed by atoms with van der Waals surface area (Å²) in [5, 5.41) is 0. The van der Waals surface area contributed by atoms with Crippen LogP contribution < -0.4 is 0 Å². The number of ether oxygens (including phenoxy) is 2. The lowest BCUT2D eigenvalue weighted by Gasteiger charge is -2.09. The van der Waals surface area contributed by atoms with E-state index in [4.69, 9.17) is 9.47 Å². The summed E-state index contributed by atoms with van der Waals surface area (Å²) in [4.78, 5) is 0. The maximum atomic E-state index is 12.0. The highest BCUT2D eigenvalue weighted by molar-refractivity contribution is 4.63.